The monoisotopic (exact) mass is 191 g/mol. The summed E-state index contributed by atoms with van der Waals surface area (Å²) in [5, 5.41) is 5.29. The highest BCUT2D eigenvalue weighted by Gasteiger charge is 2.07. The predicted molar refractivity (Wildman–Crippen MR) is 52.5 cm³/mol. The maximum atomic E-state index is 11.4. The third-order valence-electron chi connectivity index (χ3n) is 2.09. The van der Waals surface area contributed by atoms with E-state index in [1.165, 1.54) is 0 Å². The number of fused-ring (bicyclic) bond motifs is 1. The van der Waals surface area contributed by atoms with Crippen molar-refractivity contribution in [2.75, 3.05) is 0 Å². The van der Waals surface area contributed by atoms with Crippen molar-refractivity contribution >= 4 is 10.8 Å². The normalized spacial score (nSPS) is 10.7. The van der Waals surface area contributed by atoms with E-state index in [2.05, 4.69) is 15.2 Å². The molecule has 0 bridgehead atoms. The lowest BCUT2D eigenvalue weighted by Gasteiger charge is -2.00. The molecule has 0 saturated heterocycles. The summed E-state index contributed by atoms with van der Waals surface area (Å²) in [6.07, 6.45) is 0. The third kappa shape index (κ3) is 1.14. The second-order valence-electron chi connectivity index (χ2n) is 3.18. The van der Waals surface area contributed by atoms with Crippen molar-refractivity contribution in [2.45, 2.75) is 13.8 Å². The minimum absolute atomic E-state index is 0.298. The van der Waals surface area contributed by atoms with E-state index in [4.69, 9.17) is 0 Å². The Kier molecular flexibility index (Phi) is 1.73. The summed E-state index contributed by atoms with van der Waals surface area (Å²) in [6, 6.07) is 1.61. The molecule has 0 radical (unpaired) electrons. The quantitative estimate of drug-likeness (QED) is 0.625. The van der Waals surface area contributed by atoms with Gasteiger partial charge in [-0.2, -0.15) is 0 Å². The molecule has 0 unspecified atom stereocenters. The zero-order valence-corrected chi connectivity index (χ0v) is 7.84. The molecule has 0 fully saturated rings. The molecular weight excluding hydrogens is 182 g/mol. The molecule has 2 rings (SSSR count). The van der Waals surface area contributed by atoms with Crippen LogP contribution in [0.2, 0.25) is 0 Å². The standard InChI is InChI=1S/C9H9N3O2/c1-4-3-6-7(5(2)10-4)9(14)12-11-8(6)13/h3H,1-2H3,(H,11,13)(H,12,14). The molecule has 0 atom stereocenters. The van der Waals surface area contributed by atoms with Gasteiger partial charge in [-0.1, -0.05) is 0 Å². The Hall–Kier alpha value is -1.91. The van der Waals surface area contributed by atoms with E-state index in [9.17, 15) is 9.59 Å². The molecule has 2 heterocycles. The number of aryl methyl sites for hydroxylation is 2. The lowest BCUT2D eigenvalue weighted by molar-refractivity contribution is 0.968. The maximum absolute atomic E-state index is 11.4. The Morgan fingerprint density at radius 1 is 1.14 bits per heavy atom. The average Bonchev–Trinajstić information content (AvgIpc) is 2.10. The van der Waals surface area contributed by atoms with Gasteiger partial charge in [0, 0.05) is 5.69 Å². The van der Waals surface area contributed by atoms with E-state index in [0.29, 0.717) is 16.5 Å². The van der Waals surface area contributed by atoms with Gasteiger partial charge >= 0.3 is 0 Å². The molecule has 5 nitrogen and oxygen atoms in total. The highest BCUT2D eigenvalue weighted by atomic mass is 16.1. The highest BCUT2D eigenvalue weighted by molar-refractivity contribution is 5.82. The Bertz CT molecular complexity index is 609. The van der Waals surface area contributed by atoms with Crippen molar-refractivity contribution in [2.24, 2.45) is 0 Å². The molecule has 2 aromatic rings. The number of hydrogen-bond donors (Lipinski definition) is 2. The topological polar surface area (TPSA) is 78.6 Å². The van der Waals surface area contributed by atoms with E-state index in [0.717, 1.165) is 5.69 Å². The molecule has 0 amide bonds. The first kappa shape index (κ1) is 8.68. The number of aromatic amines is 2. The number of nitrogens with one attached hydrogen (secondary N) is 2. The number of pyridine rings is 1. The summed E-state index contributed by atoms with van der Waals surface area (Å²) < 4.78 is 0. The van der Waals surface area contributed by atoms with Gasteiger partial charge in [0.1, 0.15) is 0 Å². The van der Waals surface area contributed by atoms with Crippen molar-refractivity contribution in [1.29, 1.82) is 0 Å². The van der Waals surface area contributed by atoms with Gasteiger partial charge in [-0.15, -0.1) is 0 Å². The van der Waals surface area contributed by atoms with E-state index in [1.54, 1.807) is 19.9 Å². The van der Waals surface area contributed by atoms with Crippen molar-refractivity contribution in [3.63, 3.8) is 0 Å². The fourth-order valence-corrected chi connectivity index (χ4v) is 1.54. The zero-order chi connectivity index (χ0) is 10.3. The molecule has 0 saturated carbocycles. The van der Waals surface area contributed by atoms with Crippen LogP contribution in [0.4, 0.5) is 0 Å². The lowest BCUT2D eigenvalue weighted by atomic mass is 10.1. The minimum Gasteiger partial charge on any atom is -0.267 e. The summed E-state index contributed by atoms with van der Waals surface area (Å²) in [6.45, 7) is 3.50. The van der Waals surface area contributed by atoms with Crippen LogP contribution in [-0.4, -0.2) is 15.2 Å². The summed E-state index contributed by atoms with van der Waals surface area (Å²) >= 11 is 0. The molecular formula is C9H9N3O2. The fourth-order valence-electron chi connectivity index (χ4n) is 1.54. The van der Waals surface area contributed by atoms with Crippen LogP contribution in [-0.2, 0) is 0 Å². The highest BCUT2D eigenvalue weighted by Crippen LogP contribution is 2.08. The lowest BCUT2D eigenvalue weighted by Crippen LogP contribution is -2.20. The van der Waals surface area contributed by atoms with Gasteiger partial charge in [0.05, 0.1) is 16.5 Å². The Labute approximate surface area is 78.8 Å². The molecule has 2 N–H and O–H groups in total. The number of hydrogen-bond acceptors (Lipinski definition) is 3. The Balaban J connectivity index is 3.16. The molecule has 14 heavy (non-hydrogen) atoms. The van der Waals surface area contributed by atoms with Gasteiger partial charge in [0.25, 0.3) is 11.1 Å². The molecule has 0 aliphatic rings. The van der Waals surface area contributed by atoms with Gasteiger partial charge in [0.2, 0.25) is 0 Å². The summed E-state index contributed by atoms with van der Waals surface area (Å²) in [5.74, 6) is 0. The second-order valence-corrected chi connectivity index (χ2v) is 3.18. The third-order valence-corrected chi connectivity index (χ3v) is 2.09. The van der Waals surface area contributed by atoms with Gasteiger partial charge in [0.15, 0.2) is 0 Å². The number of rotatable bonds is 0. The molecule has 2 aromatic heterocycles. The van der Waals surface area contributed by atoms with E-state index in [-0.39, 0.29) is 11.1 Å². The molecule has 72 valence electrons. The largest absolute Gasteiger partial charge is 0.272 e. The minimum atomic E-state index is -0.315. The molecule has 0 spiro atoms. The first-order valence-corrected chi connectivity index (χ1v) is 4.18. The average molecular weight is 191 g/mol. The zero-order valence-electron chi connectivity index (χ0n) is 7.84. The number of nitrogens with zero attached hydrogens (tertiary/aromatic N) is 1. The van der Waals surface area contributed by atoms with Gasteiger partial charge in [-0.05, 0) is 19.9 Å². The Morgan fingerprint density at radius 2 is 1.79 bits per heavy atom. The number of H-pyrrole nitrogens is 2. The molecule has 0 aliphatic heterocycles. The van der Waals surface area contributed by atoms with E-state index in [1.807, 2.05) is 0 Å². The van der Waals surface area contributed by atoms with Crippen LogP contribution in [0.25, 0.3) is 10.8 Å². The summed E-state index contributed by atoms with van der Waals surface area (Å²) in [7, 11) is 0. The van der Waals surface area contributed by atoms with E-state index < -0.39 is 0 Å². The first-order chi connectivity index (χ1) is 6.59. The van der Waals surface area contributed by atoms with Crippen LogP contribution in [0.1, 0.15) is 11.4 Å². The van der Waals surface area contributed by atoms with Crippen molar-refractivity contribution in [1.82, 2.24) is 15.2 Å². The summed E-state index contributed by atoms with van der Waals surface area (Å²) in [5.41, 5.74) is 0.691. The van der Waals surface area contributed by atoms with E-state index >= 15 is 0 Å². The number of aromatic nitrogens is 3. The molecule has 0 aliphatic carbocycles. The smallest absolute Gasteiger partial charge is 0.267 e. The second kappa shape index (κ2) is 2.80. The van der Waals surface area contributed by atoms with Crippen LogP contribution in [0, 0.1) is 13.8 Å². The summed E-state index contributed by atoms with van der Waals surface area (Å²) in [4.78, 5) is 26.9. The van der Waals surface area contributed by atoms with Crippen molar-refractivity contribution in [3.8, 4) is 0 Å². The van der Waals surface area contributed by atoms with Crippen LogP contribution in [0.5, 0.6) is 0 Å². The van der Waals surface area contributed by atoms with Gasteiger partial charge < -0.3 is 0 Å². The van der Waals surface area contributed by atoms with Crippen molar-refractivity contribution in [3.05, 3.63) is 38.2 Å². The fraction of sp³-hybridized carbons (Fsp3) is 0.222. The molecule has 5 heteroatoms. The van der Waals surface area contributed by atoms with Crippen LogP contribution in [0.3, 0.4) is 0 Å². The maximum Gasteiger partial charge on any atom is 0.272 e. The Morgan fingerprint density at radius 3 is 2.50 bits per heavy atom. The first-order valence-electron chi connectivity index (χ1n) is 4.18. The van der Waals surface area contributed by atoms with Crippen LogP contribution < -0.4 is 11.1 Å². The predicted octanol–water partition coefficient (Wildman–Crippen LogP) is 0.228. The SMILES string of the molecule is Cc1cc2c(=O)[nH][nH]c(=O)c2c(C)n1. The van der Waals surface area contributed by atoms with Crippen LogP contribution >= 0.6 is 0 Å². The van der Waals surface area contributed by atoms with Gasteiger partial charge in [-0.25, -0.2) is 0 Å². The van der Waals surface area contributed by atoms with Gasteiger partial charge in [-0.3, -0.25) is 24.8 Å². The van der Waals surface area contributed by atoms with Crippen LogP contribution in [0.15, 0.2) is 15.7 Å². The molecule has 0 aromatic carbocycles. The van der Waals surface area contributed by atoms with Crippen molar-refractivity contribution < 1.29 is 0 Å².